The first-order chi connectivity index (χ1) is 8.97. The van der Waals surface area contributed by atoms with Crippen molar-refractivity contribution >= 4 is 11.3 Å². The second-order valence-electron chi connectivity index (χ2n) is 4.99. The van der Waals surface area contributed by atoms with E-state index in [0.717, 1.165) is 27.7 Å². The quantitative estimate of drug-likeness (QED) is 0.911. The number of hydrogen-bond acceptors (Lipinski definition) is 4. The molecule has 0 saturated carbocycles. The fourth-order valence-corrected chi connectivity index (χ4v) is 2.95. The Bertz CT molecular complexity index is 529. The van der Waals surface area contributed by atoms with E-state index in [9.17, 15) is 5.11 Å². The third-order valence-electron chi connectivity index (χ3n) is 2.72. The summed E-state index contributed by atoms with van der Waals surface area (Å²) in [5, 5.41) is 11.0. The van der Waals surface area contributed by atoms with Crippen LogP contribution in [0, 0.1) is 6.92 Å². The molecule has 0 radical (unpaired) electrons. The lowest BCUT2D eigenvalue weighted by Crippen LogP contribution is -2.14. The molecule has 1 aromatic heterocycles. The van der Waals surface area contributed by atoms with E-state index < -0.39 is 5.60 Å². The Morgan fingerprint density at radius 1 is 1.26 bits per heavy atom. The van der Waals surface area contributed by atoms with Crippen LogP contribution in [-0.2, 0) is 12.0 Å². The van der Waals surface area contributed by atoms with Crippen molar-refractivity contribution in [1.82, 2.24) is 4.98 Å². The van der Waals surface area contributed by atoms with Crippen molar-refractivity contribution < 1.29 is 9.84 Å². The molecule has 102 valence electrons. The fraction of sp³-hybridized carbons (Fsp3) is 0.400. The van der Waals surface area contributed by atoms with Crippen molar-refractivity contribution in [2.75, 3.05) is 6.61 Å². The van der Waals surface area contributed by atoms with E-state index >= 15 is 0 Å². The maximum Gasteiger partial charge on any atom is 0.119 e. The van der Waals surface area contributed by atoms with Gasteiger partial charge in [0.1, 0.15) is 5.75 Å². The van der Waals surface area contributed by atoms with E-state index in [0.29, 0.717) is 6.61 Å². The Kier molecular flexibility index (Phi) is 4.22. The summed E-state index contributed by atoms with van der Waals surface area (Å²) in [7, 11) is 0. The molecule has 0 aliphatic heterocycles. The van der Waals surface area contributed by atoms with Gasteiger partial charge in [-0.2, -0.15) is 0 Å². The number of hydrogen-bond donors (Lipinski definition) is 1. The van der Waals surface area contributed by atoms with E-state index in [2.05, 4.69) is 4.98 Å². The maximum absolute atomic E-state index is 10.0. The summed E-state index contributed by atoms with van der Waals surface area (Å²) in [6.45, 7) is 6.11. The number of thiazole rings is 1. The van der Waals surface area contributed by atoms with Crippen molar-refractivity contribution in [2.45, 2.75) is 32.8 Å². The van der Waals surface area contributed by atoms with Crippen LogP contribution >= 0.6 is 11.3 Å². The molecule has 19 heavy (non-hydrogen) atoms. The van der Waals surface area contributed by atoms with Crippen molar-refractivity contribution in [1.29, 1.82) is 0 Å². The average molecular weight is 277 g/mol. The first-order valence-corrected chi connectivity index (χ1v) is 7.15. The van der Waals surface area contributed by atoms with Crippen LogP contribution in [0.15, 0.2) is 30.3 Å². The molecule has 0 aliphatic rings. The van der Waals surface area contributed by atoms with Crippen LogP contribution in [0.1, 0.15) is 29.4 Å². The minimum absolute atomic E-state index is 0.599. The Balaban J connectivity index is 1.94. The van der Waals surface area contributed by atoms with E-state index in [1.54, 1.807) is 25.2 Å². The summed E-state index contributed by atoms with van der Waals surface area (Å²) in [5.41, 5.74) is 0.0903. The fourth-order valence-electron chi connectivity index (χ4n) is 1.90. The summed E-state index contributed by atoms with van der Waals surface area (Å²) in [5.74, 6) is 0.874. The number of aliphatic hydroxyl groups is 1. The van der Waals surface area contributed by atoms with Crippen LogP contribution < -0.4 is 4.74 Å². The zero-order valence-electron chi connectivity index (χ0n) is 11.5. The highest BCUT2D eigenvalue weighted by Gasteiger charge is 2.22. The summed E-state index contributed by atoms with van der Waals surface area (Å²) in [4.78, 5) is 5.42. The third-order valence-corrected chi connectivity index (χ3v) is 4.25. The minimum Gasteiger partial charge on any atom is -0.493 e. The summed E-state index contributed by atoms with van der Waals surface area (Å²) in [6.07, 6.45) is 0.760. The molecule has 0 spiro atoms. The van der Waals surface area contributed by atoms with Crippen LogP contribution in [-0.4, -0.2) is 16.7 Å². The SMILES string of the molecule is Cc1nc(CCOc2ccccc2)sc1C(C)(C)O. The zero-order valence-corrected chi connectivity index (χ0v) is 12.3. The van der Waals surface area contributed by atoms with Crippen molar-refractivity contribution in [3.05, 3.63) is 45.9 Å². The van der Waals surface area contributed by atoms with Crippen LogP contribution in [0.3, 0.4) is 0 Å². The predicted octanol–water partition coefficient (Wildman–Crippen LogP) is 3.30. The Labute approximate surface area is 117 Å². The zero-order chi connectivity index (χ0) is 13.9. The molecular formula is C15H19NO2S. The van der Waals surface area contributed by atoms with Crippen molar-refractivity contribution in [2.24, 2.45) is 0 Å². The standard InChI is InChI=1S/C15H19NO2S/c1-11-14(15(2,3)17)19-13(16-11)9-10-18-12-7-5-4-6-8-12/h4-8,17H,9-10H2,1-3H3. The highest BCUT2D eigenvalue weighted by molar-refractivity contribution is 7.11. The molecule has 2 aromatic rings. The minimum atomic E-state index is -0.819. The summed E-state index contributed by atoms with van der Waals surface area (Å²) < 4.78 is 5.65. The number of aromatic nitrogens is 1. The Hall–Kier alpha value is -1.39. The molecule has 1 N–H and O–H groups in total. The molecular weight excluding hydrogens is 258 g/mol. The van der Waals surface area contributed by atoms with Gasteiger partial charge in [0.15, 0.2) is 0 Å². The lowest BCUT2D eigenvalue weighted by atomic mass is 10.1. The third kappa shape index (κ3) is 3.78. The first kappa shape index (κ1) is 14.0. The van der Waals surface area contributed by atoms with E-state index in [1.165, 1.54) is 0 Å². The van der Waals surface area contributed by atoms with Gasteiger partial charge in [-0.3, -0.25) is 0 Å². The monoisotopic (exact) mass is 277 g/mol. The molecule has 1 heterocycles. The van der Waals surface area contributed by atoms with E-state index in [-0.39, 0.29) is 0 Å². The van der Waals surface area contributed by atoms with Gasteiger partial charge in [0.25, 0.3) is 0 Å². The molecule has 3 nitrogen and oxygen atoms in total. The first-order valence-electron chi connectivity index (χ1n) is 6.34. The summed E-state index contributed by atoms with van der Waals surface area (Å²) in [6, 6.07) is 9.75. The smallest absolute Gasteiger partial charge is 0.119 e. The summed E-state index contributed by atoms with van der Waals surface area (Å²) >= 11 is 1.56. The molecule has 0 amide bonds. The van der Waals surface area contributed by atoms with Gasteiger partial charge in [0.05, 0.1) is 27.8 Å². The molecule has 1 aromatic carbocycles. The van der Waals surface area contributed by atoms with Gasteiger partial charge in [0.2, 0.25) is 0 Å². The number of benzene rings is 1. The molecule has 0 fully saturated rings. The predicted molar refractivity (Wildman–Crippen MR) is 77.7 cm³/mol. The van der Waals surface area contributed by atoms with Crippen LogP contribution in [0.4, 0.5) is 0 Å². The normalized spacial score (nSPS) is 11.6. The van der Waals surface area contributed by atoms with Gasteiger partial charge in [0, 0.05) is 6.42 Å². The Morgan fingerprint density at radius 3 is 2.53 bits per heavy atom. The maximum atomic E-state index is 10.0. The second-order valence-corrected chi connectivity index (χ2v) is 6.08. The Morgan fingerprint density at radius 2 is 1.95 bits per heavy atom. The van der Waals surface area contributed by atoms with Gasteiger partial charge < -0.3 is 9.84 Å². The molecule has 4 heteroatoms. The number of para-hydroxylation sites is 1. The van der Waals surface area contributed by atoms with Crippen LogP contribution in [0.5, 0.6) is 5.75 Å². The largest absolute Gasteiger partial charge is 0.493 e. The van der Waals surface area contributed by atoms with Gasteiger partial charge in [-0.1, -0.05) is 18.2 Å². The number of rotatable bonds is 5. The number of aryl methyl sites for hydroxylation is 1. The molecule has 0 bridgehead atoms. The van der Waals surface area contributed by atoms with Gasteiger partial charge in [-0.25, -0.2) is 4.98 Å². The van der Waals surface area contributed by atoms with Crippen LogP contribution in [0.2, 0.25) is 0 Å². The van der Waals surface area contributed by atoms with Gasteiger partial charge in [-0.05, 0) is 32.9 Å². The van der Waals surface area contributed by atoms with E-state index in [1.807, 2.05) is 37.3 Å². The lowest BCUT2D eigenvalue weighted by molar-refractivity contribution is 0.0817. The van der Waals surface area contributed by atoms with Gasteiger partial charge in [-0.15, -0.1) is 11.3 Å². The van der Waals surface area contributed by atoms with Crippen molar-refractivity contribution in [3.8, 4) is 5.75 Å². The highest BCUT2D eigenvalue weighted by atomic mass is 32.1. The van der Waals surface area contributed by atoms with Crippen molar-refractivity contribution in [3.63, 3.8) is 0 Å². The van der Waals surface area contributed by atoms with Crippen LogP contribution in [0.25, 0.3) is 0 Å². The molecule has 0 saturated heterocycles. The highest BCUT2D eigenvalue weighted by Crippen LogP contribution is 2.29. The second kappa shape index (κ2) is 5.72. The molecule has 0 unspecified atom stereocenters. The number of ether oxygens (including phenoxy) is 1. The van der Waals surface area contributed by atoms with Gasteiger partial charge >= 0.3 is 0 Å². The number of nitrogens with zero attached hydrogens (tertiary/aromatic N) is 1. The molecule has 2 rings (SSSR count). The lowest BCUT2D eigenvalue weighted by Gasteiger charge is -2.15. The molecule has 0 aliphatic carbocycles. The average Bonchev–Trinajstić information content (AvgIpc) is 2.72. The topological polar surface area (TPSA) is 42.4 Å². The van der Waals surface area contributed by atoms with E-state index in [4.69, 9.17) is 4.74 Å². The molecule has 0 atom stereocenters.